The van der Waals surface area contributed by atoms with E-state index in [0.717, 1.165) is 11.3 Å². The van der Waals surface area contributed by atoms with Crippen molar-refractivity contribution in [1.82, 2.24) is 0 Å². The van der Waals surface area contributed by atoms with E-state index in [1.165, 1.54) is 4.90 Å². The lowest BCUT2D eigenvalue weighted by Crippen LogP contribution is -2.29. The van der Waals surface area contributed by atoms with E-state index >= 15 is 0 Å². The highest BCUT2D eigenvalue weighted by atomic mass is 79.9. The fraction of sp³-hybridized carbons (Fsp3) is 0.125. The van der Waals surface area contributed by atoms with E-state index in [0.29, 0.717) is 22.3 Å². The number of carbonyl (C=O) groups is 2. The molecule has 0 unspecified atom stereocenters. The number of Topliss-reactive ketones (excluding diaryl/α,β-unsaturated/α-hetero) is 1. The average Bonchev–Trinajstić information content (AvgIpc) is 2.74. The topological polar surface area (TPSA) is 46.6 Å². The number of halogens is 1. The zero-order valence-electron chi connectivity index (χ0n) is 11.3. The van der Waals surface area contributed by atoms with Gasteiger partial charge >= 0.3 is 0 Å². The van der Waals surface area contributed by atoms with Crippen molar-refractivity contribution >= 4 is 33.3 Å². The second-order valence-electron chi connectivity index (χ2n) is 4.71. The molecule has 0 saturated heterocycles. The molecule has 4 nitrogen and oxygen atoms in total. The number of carbonyl (C=O) groups excluding carboxylic acids is 2. The SMILES string of the molecule is COc1cccc(CN2C(=O)C(=O)c3c(Br)cccc32)c1. The van der Waals surface area contributed by atoms with E-state index in [4.69, 9.17) is 4.74 Å². The van der Waals surface area contributed by atoms with Crippen LogP contribution in [-0.2, 0) is 11.3 Å². The second-order valence-corrected chi connectivity index (χ2v) is 5.56. The van der Waals surface area contributed by atoms with E-state index in [-0.39, 0.29) is 0 Å². The molecule has 0 bridgehead atoms. The first-order valence-corrected chi connectivity index (χ1v) is 7.18. The van der Waals surface area contributed by atoms with Crippen LogP contribution in [0.2, 0.25) is 0 Å². The molecule has 2 aromatic rings. The molecule has 0 saturated carbocycles. The van der Waals surface area contributed by atoms with Crippen LogP contribution in [0.3, 0.4) is 0 Å². The van der Waals surface area contributed by atoms with Gasteiger partial charge in [-0.15, -0.1) is 0 Å². The average molecular weight is 346 g/mol. The normalized spacial score (nSPS) is 13.5. The molecule has 5 heteroatoms. The summed E-state index contributed by atoms with van der Waals surface area (Å²) in [5.41, 5.74) is 1.98. The molecule has 0 atom stereocenters. The number of amides is 1. The summed E-state index contributed by atoms with van der Waals surface area (Å²) in [6, 6.07) is 12.8. The van der Waals surface area contributed by atoms with Gasteiger partial charge < -0.3 is 9.64 Å². The van der Waals surface area contributed by atoms with Gasteiger partial charge in [-0.05, 0) is 45.8 Å². The van der Waals surface area contributed by atoms with Crippen molar-refractivity contribution in [2.45, 2.75) is 6.54 Å². The minimum Gasteiger partial charge on any atom is -0.497 e. The van der Waals surface area contributed by atoms with Crippen LogP contribution in [0.4, 0.5) is 5.69 Å². The standard InChI is InChI=1S/C16H12BrNO3/c1-21-11-5-2-4-10(8-11)9-18-13-7-3-6-12(17)14(13)15(19)16(18)20/h2-8H,9H2,1H3. The van der Waals surface area contributed by atoms with Crippen molar-refractivity contribution in [3.63, 3.8) is 0 Å². The van der Waals surface area contributed by atoms with Crippen LogP contribution in [0.25, 0.3) is 0 Å². The van der Waals surface area contributed by atoms with Crippen LogP contribution in [0.5, 0.6) is 5.75 Å². The molecule has 21 heavy (non-hydrogen) atoms. The van der Waals surface area contributed by atoms with Crippen molar-refractivity contribution in [2.75, 3.05) is 12.0 Å². The first-order valence-electron chi connectivity index (χ1n) is 6.39. The first-order chi connectivity index (χ1) is 10.1. The Hall–Kier alpha value is -2.14. The fourth-order valence-corrected chi connectivity index (χ4v) is 2.95. The van der Waals surface area contributed by atoms with Gasteiger partial charge in [0, 0.05) is 4.47 Å². The maximum Gasteiger partial charge on any atom is 0.299 e. The number of hydrogen-bond donors (Lipinski definition) is 0. The second kappa shape index (κ2) is 5.33. The number of benzene rings is 2. The molecular formula is C16H12BrNO3. The van der Waals surface area contributed by atoms with Crippen LogP contribution in [-0.4, -0.2) is 18.8 Å². The number of hydrogen-bond acceptors (Lipinski definition) is 3. The smallest absolute Gasteiger partial charge is 0.299 e. The quantitative estimate of drug-likeness (QED) is 0.802. The monoisotopic (exact) mass is 345 g/mol. The molecule has 0 fully saturated rings. The number of nitrogens with zero attached hydrogens (tertiary/aromatic N) is 1. The van der Waals surface area contributed by atoms with Crippen LogP contribution in [0, 0.1) is 0 Å². The highest BCUT2D eigenvalue weighted by molar-refractivity contribution is 9.10. The molecule has 1 heterocycles. The molecule has 0 N–H and O–H groups in total. The van der Waals surface area contributed by atoms with Crippen molar-refractivity contribution in [3.8, 4) is 5.75 Å². The fourth-order valence-electron chi connectivity index (χ4n) is 2.41. The zero-order valence-corrected chi connectivity index (χ0v) is 12.9. The summed E-state index contributed by atoms with van der Waals surface area (Å²) >= 11 is 3.33. The van der Waals surface area contributed by atoms with E-state index < -0.39 is 11.7 Å². The lowest BCUT2D eigenvalue weighted by molar-refractivity contribution is -0.114. The summed E-state index contributed by atoms with van der Waals surface area (Å²) in [6.07, 6.45) is 0. The third-order valence-corrected chi connectivity index (χ3v) is 4.08. The summed E-state index contributed by atoms with van der Waals surface area (Å²) < 4.78 is 5.82. The molecule has 3 rings (SSSR count). The van der Waals surface area contributed by atoms with Crippen LogP contribution in [0.15, 0.2) is 46.9 Å². The molecule has 1 aliphatic heterocycles. The summed E-state index contributed by atoms with van der Waals surface area (Å²) in [4.78, 5) is 25.8. The number of fused-ring (bicyclic) bond motifs is 1. The predicted octanol–water partition coefficient (Wildman–Crippen LogP) is 3.19. The lowest BCUT2D eigenvalue weighted by Gasteiger charge is -2.17. The Morgan fingerprint density at radius 1 is 1.14 bits per heavy atom. The molecular weight excluding hydrogens is 334 g/mol. The zero-order chi connectivity index (χ0) is 15.0. The Morgan fingerprint density at radius 2 is 1.90 bits per heavy atom. The summed E-state index contributed by atoms with van der Waals surface area (Å²) in [5.74, 6) is -0.250. The van der Waals surface area contributed by atoms with Gasteiger partial charge in [0.15, 0.2) is 0 Å². The largest absolute Gasteiger partial charge is 0.497 e. The molecule has 0 spiro atoms. The van der Waals surface area contributed by atoms with Gasteiger partial charge in [-0.2, -0.15) is 0 Å². The highest BCUT2D eigenvalue weighted by Gasteiger charge is 2.37. The Kier molecular flexibility index (Phi) is 3.51. The lowest BCUT2D eigenvalue weighted by atomic mass is 10.1. The third kappa shape index (κ3) is 2.34. The number of ether oxygens (including phenoxy) is 1. The number of anilines is 1. The molecule has 1 aliphatic rings. The maximum atomic E-state index is 12.2. The van der Waals surface area contributed by atoms with E-state index in [1.807, 2.05) is 30.3 Å². The van der Waals surface area contributed by atoms with Crippen LogP contribution < -0.4 is 9.64 Å². The molecule has 0 aliphatic carbocycles. The van der Waals surface area contributed by atoms with Crippen molar-refractivity contribution < 1.29 is 14.3 Å². The first kappa shape index (κ1) is 13.8. The van der Waals surface area contributed by atoms with Crippen LogP contribution >= 0.6 is 15.9 Å². The van der Waals surface area contributed by atoms with Gasteiger partial charge in [0.25, 0.3) is 11.7 Å². The van der Waals surface area contributed by atoms with Gasteiger partial charge in [0.2, 0.25) is 0 Å². The van der Waals surface area contributed by atoms with Gasteiger partial charge in [-0.25, -0.2) is 0 Å². The van der Waals surface area contributed by atoms with Crippen LogP contribution in [0.1, 0.15) is 15.9 Å². The maximum absolute atomic E-state index is 12.2. The molecule has 0 aromatic heterocycles. The summed E-state index contributed by atoms with van der Waals surface area (Å²) in [6.45, 7) is 0.339. The van der Waals surface area contributed by atoms with Crippen molar-refractivity contribution in [1.29, 1.82) is 0 Å². The number of ketones is 1. The van der Waals surface area contributed by atoms with E-state index in [9.17, 15) is 9.59 Å². The molecule has 2 aromatic carbocycles. The number of rotatable bonds is 3. The van der Waals surface area contributed by atoms with Gasteiger partial charge in [-0.1, -0.05) is 18.2 Å². The molecule has 106 valence electrons. The van der Waals surface area contributed by atoms with Gasteiger partial charge in [-0.3, -0.25) is 9.59 Å². The van der Waals surface area contributed by atoms with Gasteiger partial charge in [0.1, 0.15) is 5.75 Å². The molecule has 1 amide bonds. The van der Waals surface area contributed by atoms with E-state index in [2.05, 4.69) is 15.9 Å². The number of methoxy groups -OCH3 is 1. The highest BCUT2D eigenvalue weighted by Crippen LogP contribution is 2.35. The third-order valence-electron chi connectivity index (χ3n) is 3.42. The predicted molar refractivity (Wildman–Crippen MR) is 82.7 cm³/mol. The molecule has 0 radical (unpaired) electrons. The summed E-state index contributed by atoms with van der Waals surface area (Å²) in [7, 11) is 1.59. The Labute approximate surface area is 130 Å². The minimum absolute atomic E-state index is 0.339. The van der Waals surface area contributed by atoms with Gasteiger partial charge in [0.05, 0.1) is 24.9 Å². The minimum atomic E-state index is -0.500. The Bertz CT molecular complexity index is 742. The Balaban J connectivity index is 1.98. The Morgan fingerprint density at radius 3 is 2.67 bits per heavy atom. The van der Waals surface area contributed by atoms with Crippen molar-refractivity contribution in [2.24, 2.45) is 0 Å². The van der Waals surface area contributed by atoms with E-state index in [1.54, 1.807) is 19.2 Å². The summed E-state index contributed by atoms with van der Waals surface area (Å²) in [5, 5.41) is 0. The van der Waals surface area contributed by atoms with Crippen molar-refractivity contribution in [3.05, 3.63) is 58.1 Å².